The molecule has 1 aromatic carbocycles. The van der Waals surface area contributed by atoms with Gasteiger partial charge in [-0.05, 0) is 37.6 Å². The highest BCUT2D eigenvalue weighted by Gasteiger charge is 2.27. The van der Waals surface area contributed by atoms with Crippen molar-refractivity contribution >= 4 is 54.8 Å². The van der Waals surface area contributed by atoms with Gasteiger partial charge in [-0.15, -0.1) is 22.7 Å². The van der Waals surface area contributed by atoms with E-state index in [4.69, 9.17) is 4.74 Å². The third-order valence-corrected chi connectivity index (χ3v) is 7.75. The molecule has 0 spiro atoms. The monoisotopic (exact) mass is 467 g/mol. The average molecular weight is 468 g/mol. The fourth-order valence-electron chi connectivity index (χ4n) is 3.98. The van der Waals surface area contributed by atoms with Crippen LogP contribution in [0, 0.1) is 6.92 Å². The van der Waals surface area contributed by atoms with E-state index in [1.165, 1.54) is 11.3 Å². The Hall–Kier alpha value is -3.01. The van der Waals surface area contributed by atoms with E-state index < -0.39 is 6.10 Å². The number of likely N-dealkylation sites (tertiary alicyclic amines) is 1. The molecular formula is C23H21N3O4S2. The minimum Gasteiger partial charge on any atom is -0.456 e. The van der Waals surface area contributed by atoms with Gasteiger partial charge in [0.15, 0.2) is 0 Å². The molecule has 4 aromatic rings. The van der Waals surface area contributed by atoms with Crippen LogP contribution in [0.4, 0.5) is 0 Å². The number of pyridine rings is 1. The number of aliphatic hydroxyl groups is 1. The molecule has 1 aliphatic heterocycles. The topological polar surface area (TPSA) is 91.8 Å². The fraction of sp³-hybridized carbons (Fsp3) is 0.261. The predicted molar refractivity (Wildman–Crippen MR) is 126 cm³/mol. The second-order valence-electron chi connectivity index (χ2n) is 7.70. The number of hydrogen-bond donors (Lipinski definition) is 2. The van der Waals surface area contributed by atoms with Crippen LogP contribution in [0.1, 0.15) is 31.3 Å². The summed E-state index contributed by atoms with van der Waals surface area (Å²) >= 11 is 2.90. The maximum absolute atomic E-state index is 12.8. The maximum Gasteiger partial charge on any atom is 0.264 e. The van der Waals surface area contributed by atoms with Crippen molar-refractivity contribution in [3.63, 3.8) is 0 Å². The summed E-state index contributed by atoms with van der Waals surface area (Å²) in [7, 11) is 1.63. The summed E-state index contributed by atoms with van der Waals surface area (Å²) in [5.41, 5.74) is 1.39. The predicted octanol–water partition coefficient (Wildman–Crippen LogP) is 4.18. The Morgan fingerprint density at radius 1 is 1.25 bits per heavy atom. The lowest BCUT2D eigenvalue weighted by molar-refractivity contribution is 0.0769. The molecular weight excluding hydrogens is 446 g/mol. The van der Waals surface area contributed by atoms with Crippen LogP contribution in [0.5, 0.6) is 11.5 Å². The van der Waals surface area contributed by atoms with E-state index >= 15 is 0 Å². The van der Waals surface area contributed by atoms with Crippen molar-refractivity contribution < 1.29 is 19.4 Å². The number of nitrogens with zero attached hydrogens (tertiary/aromatic N) is 2. The molecule has 2 amide bonds. The molecule has 9 heteroatoms. The van der Waals surface area contributed by atoms with E-state index in [1.807, 2.05) is 25.1 Å². The third-order valence-electron chi connectivity index (χ3n) is 5.56. The summed E-state index contributed by atoms with van der Waals surface area (Å²) in [5, 5.41) is 13.3. The van der Waals surface area contributed by atoms with Crippen LogP contribution in [0.15, 0.2) is 36.5 Å². The number of nitrogens with one attached hydrogen (secondary N) is 1. The molecule has 1 unspecified atom stereocenters. The molecule has 0 saturated carbocycles. The number of carbonyl (C=O) groups excluding carboxylic acids is 2. The van der Waals surface area contributed by atoms with Crippen LogP contribution in [0.3, 0.4) is 0 Å². The maximum atomic E-state index is 12.8. The Bertz CT molecular complexity index is 1360. The number of carbonyl (C=O) groups is 2. The number of benzene rings is 1. The van der Waals surface area contributed by atoms with Crippen LogP contribution in [0.25, 0.3) is 20.3 Å². The summed E-state index contributed by atoms with van der Waals surface area (Å²) in [5.74, 6) is 1.09. The number of hydrogen-bond acceptors (Lipinski definition) is 7. The second kappa shape index (κ2) is 8.16. The Balaban J connectivity index is 1.46. The molecule has 32 heavy (non-hydrogen) atoms. The van der Waals surface area contributed by atoms with E-state index in [0.717, 1.165) is 19.7 Å². The van der Waals surface area contributed by atoms with E-state index in [0.29, 0.717) is 47.0 Å². The highest BCUT2D eigenvalue weighted by atomic mass is 32.1. The summed E-state index contributed by atoms with van der Waals surface area (Å²) in [6, 6.07) is 9.24. The van der Waals surface area contributed by atoms with Crippen molar-refractivity contribution in [3.05, 3.63) is 51.8 Å². The molecule has 0 radical (unpaired) electrons. The number of rotatable bonds is 4. The molecule has 1 fully saturated rings. The van der Waals surface area contributed by atoms with Gasteiger partial charge in [0.25, 0.3) is 11.8 Å². The number of aromatic nitrogens is 1. The van der Waals surface area contributed by atoms with Crippen molar-refractivity contribution in [2.45, 2.75) is 19.4 Å². The molecule has 2 N–H and O–H groups in total. The number of thiophene rings is 2. The van der Waals surface area contributed by atoms with Gasteiger partial charge < -0.3 is 20.1 Å². The summed E-state index contributed by atoms with van der Waals surface area (Å²) < 4.78 is 7.95. The molecule has 1 atom stereocenters. The normalized spacial score (nSPS) is 16.1. The Morgan fingerprint density at radius 3 is 2.84 bits per heavy atom. The summed E-state index contributed by atoms with van der Waals surface area (Å²) in [6.07, 6.45) is 1.82. The summed E-state index contributed by atoms with van der Waals surface area (Å²) in [6.45, 7) is 2.86. The van der Waals surface area contributed by atoms with E-state index in [-0.39, 0.29) is 11.8 Å². The minimum absolute atomic E-state index is 0.0901. The molecule has 0 aliphatic carbocycles. The first kappa shape index (κ1) is 20.9. The zero-order valence-electron chi connectivity index (χ0n) is 17.5. The lowest BCUT2D eigenvalue weighted by atomic mass is 10.1. The van der Waals surface area contributed by atoms with Crippen LogP contribution in [0.2, 0.25) is 0 Å². The van der Waals surface area contributed by atoms with Gasteiger partial charge >= 0.3 is 0 Å². The highest BCUT2D eigenvalue weighted by Crippen LogP contribution is 2.38. The quantitative estimate of drug-likeness (QED) is 0.470. The van der Waals surface area contributed by atoms with Crippen molar-refractivity contribution in [1.82, 2.24) is 15.2 Å². The van der Waals surface area contributed by atoms with Gasteiger partial charge in [-0.2, -0.15) is 0 Å². The molecule has 0 bridgehead atoms. The molecule has 3 aromatic heterocycles. The zero-order chi connectivity index (χ0) is 22.4. The smallest absolute Gasteiger partial charge is 0.264 e. The number of β-amino-alcohol motifs (C(OH)–C–C–N with tert-alkyl or cyclic N) is 1. The van der Waals surface area contributed by atoms with Crippen molar-refractivity contribution in [1.29, 1.82) is 0 Å². The number of ether oxygens (including phenoxy) is 1. The number of aryl methyl sites for hydroxylation is 1. The van der Waals surface area contributed by atoms with Crippen LogP contribution in [-0.2, 0) is 0 Å². The molecule has 4 heterocycles. The van der Waals surface area contributed by atoms with Crippen molar-refractivity contribution in [2.24, 2.45) is 0 Å². The first-order valence-electron chi connectivity index (χ1n) is 10.2. The first-order chi connectivity index (χ1) is 15.4. The average Bonchev–Trinajstić information content (AvgIpc) is 3.49. The lowest BCUT2D eigenvalue weighted by Crippen LogP contribution is -2.28. The molecule has 5 rings (SSSR count). The van der Waals surface area contributed by atoms with Gasteiger partial charge in [0.2, 0.25) is 0 Å². The van der Waals surface area contributed by atoms with E-state index in [9.17, 15) is 14.7 Å². The molecule has 1 aliphatic rings. The molecule has 1 saturated heterocycles. The first-order valence-corrected chi connectivity index (χ1v) is 11.9. The Labute approximate surface area is 192 Å². The van der Waals surface area contributed by atoms with Crippen molar-refractivity contribution in [2.75, 3.05) is 20.1 Å². The second-order valence-corrected chi connectivity index (χ2v) is 10.0. The van der Waals surface area contributed by atoms with Gasteiger partial charge in [0.05, 0.1) is 26.8 Å². The minimum atomic E-state index is -0.454. The number of amides is 2. The van der Waals surface area contributed by atoms with Gasteiger partial charge in [0.1, 0.15) is 11.5 Å². The largest absolute Gasteiger partial charge is 0.456 e. The fourth-order valence-corrected chi connectivity index (χ4v) is 6.10. The van der Waals surface area contributed by atoms with E-state index in [2.05, 4.69) is 10.3 Å². The van der Waals surface area contributed by atoms with Gasteiger partial charge in [0, 0.05) is 47.4 Å². The van der Waals surface area contributed by atoms with Crippen LogP contribution < -0.4 is 10.1 Å². The van der Waals surface area contributed by atoms with Crippen molar-refractivity contribution in [3.8, 4) is 11.5 Å². The van der Waals surface area contributed by atoms with Gasteiger partial charge in [-0.25, -0.2) is 0 Å². The third kappa shape index (κ3) is 3.62. The van der Waals surface area contributed by atoms with Crippen LogP contribution in [-0.4, -0.2) is 53.0 Å². The molecule has 7 nitrogen and oxygen atoms in total. The SMILES string of the molecule is CNC(=O)c1c(C)sc2cc(Oc3ccnc4cc(C(=O)N5CCC(O)C5)sc34)ccc12. The van der Waals surface area contributed by atoms with Crippen LogP contribution >= 0.6 is 22.7 Å². The number of fused-ring (bicyclic) bond motifs is 2. The summed E-state index contributed by atoms with van der Waals surface area (Å²) in [4.78, 5) is 32.6. The Morgan fingerprint density at radius 2 is 2.09 bits per heavy atom. The zero-order valence-corrected chi connectivity index (χ0v) is 19.2. The lowest BCUT2D eigenvalue weighted by Gasteiger charge is -2.13. The molecule has 164 valence electrons. The number of aliphatic hydroxyl groups excluding tert-OH is 1. The van der Waals surface area contributed by atoms with Gasteiger partial charge in [-0.3, -0.25) is 14.6 Å². The Kier molecular flexibility index (Phi) is 5.32. The standard InChI is InChI=1S/C23H21N3O4S2/c1-12-20(22(28)24-2)15-4-3-14(9-18(15)31-12)30-17-5-7-25-16-10-19(32-21(16)17)23(29)26-8-6-13(27)11-26/h3-5,7,9-10,13,27H,6,8,11H2,1-2H3,(H,24,28). The van der Waals surface area contributed by atoms with Gasteiger partial charge in [-0.1, -0.05) is 0 Å². The highest BCUT2D eigenvalue weighted by molar-refractivity contribution is 7.21. The van der Waals surface area contributed by atoms with E-state index in [1.54, 1.807) is 41.6 Å².